The van der Waals surface area contributed by atoms with Crippen molar-refractivity contribution in [2.45, 2.75) is 0 Å². The maximum absolute atomic E-state index is 11.3. The van der Waals surface area contributed by atoms with Crippen LogP contribution < -0.4 is 0 Å². The van der Waals surface area contributed by atoms with Gasteiger partial charge in [0.2, 0.25) is 0 Å². The Morgan fingerprint density at radius 1 is 0.368 bits per heavy atom. The minimum atomic E-state index is 0.606. The zero-order chi connectivity index (χ0) is 26.5. The minimum absolute atomic E-state index is 0.606. The highest BCUT2D eigenvalue weighted by atomic mass is 16.1. The van der Waals surface area contributed by atoms with Crippen LogP contribution >= 0.6 is 0 Å². The minimum Gasteiger partial charge on any atom is -0.298 e. The van der Waals surface area contributed by atoms with Gasteiger partial charge in [0.15, 0.2) is 0 Å². The first-order chi connectivity index (χ1) is 18.6. The Hall–Kier alpha value is -5.15. The lowest BCUT2D eigenvalue weighted by Gasteiger charge is -2.19. The lowest BCUT2D eigenvalue weighted by molar-refractivity contribution is 0.111. The fourth-order valence-corrected chi connectivity index (χ4v) is 4.58. The third-order valence-corrected chi connectivity index (χ3v) is 6.69. The molecular formula is C35H24O3. The first kappa shape index (κ1) is 24.5. The van der Waals surface area contributed by atoms with Crippen LogP contribution in [0.5, 0.6) is 0 Å². The largest absolute Gasteiger partial charge is 0.298 e. The van der Waals surface area contributed by atoms with Crippen molar-refractivity contribution >= 4 is 24.9 Å². The summed E-state index contributed by atoms with van der Waals surface area (Å²) in [5.41, 5.74) is 10.8. The molecule has 0 aliphatic carbocycles. The van der Waals surface area contributed by atoms with Crippen LogP contribution in [0.4, 0.5) is 0 Å². The molecule has 0 amide bonds. The summed E-state index contributed by atoms with van der Waals surface area (Å²) in [6.07, 6.45) is 4.32. The van der Waals surface area contributed by atoms with Crippen molar-refractivity contribution in [3.8, 4) is 44.5 Å². The van der Waals surface area contributed by atoms with Crippen molar-refractivity contribution in [2.24, 2.45) is 0 Å². The summed E-state index contributed by atoms with van der Waals surface area (Å²) in [6.45, 7) is 3.87. The highest BCUT2D eigenvalue weighted by Crippen LogP contribution is 2.42. The highest BCUT2D eigenvalue weighted by molar-refractivity contribution is 5.96. The van der Waals surface area contributed by atoms with E-state index in [1.807, 2.05) is 91.0 Å². The fourth-order valence-electron chi connectivity index (χ4n) is 4.58. The molecule has 0 aliphatic rings. The standard InChI is InChI=1S/C35H24O3/c1-2-24-3-11-28(12-4-24)32-19-34(30-15-7-26(22-37)8-16-30)35(31-17-9-27(23-38)10-18-31)20-33(32)29-13-5-25(21-36)6-14-29/h2-23H,1H2. The predicted octanol–water partition coefficient (Wildman–Crippen LogP) is 8.44. The number of carbonyl (C=O) groups is 3. The van der Waals surface area contributed by atoms with E-state index < -0.39 is 0 Å². The molecule has 5 rings (SSSR count). The van der Waals surface area contributed by atoms with Gasteiger partial charge in [0.1, 0.15) is 18.9 Å². The summed E-state index contributed by atoms with van der Waals surface area (Å²) in [5, 5.41) is 0. The van der Waals surface area contributed by atoms with Gasteiger partial charge in [-0.2, -0.15) is 0 Å². The zero-order valence-electron chi connectivity index (χ0n) is 20.6. The van der Waals surface area contributed by atoms with Gasteiger partial charge in [-0.15, -0.1) is 0 Å². The third-order valence-electron chi connectivity index (χ3n) is 6.69. The number of hydrogen-bond acceptors (Lipinski definition) is 3. The van der Waals surface area contributed by atoms with Crippen LogP contribution in [0.2, 0.25) is 0 Å². The smallest absolute Gasteiger partial charge is 0.150 e. The van der Waals surface area contributed by atoms with Crippen LogP contribution in [0, 0.1) is 0 Å². The molecule has 3 nitrogen and oxygen atoms in total. The van der Waals surface area contributed by atoms with Crippen LogP contribution in [0.25, 0.3) is 50.6 Å². The van der Waals surface area contributed by atoms with E-state index in [9.17, 15) is 14.4 Å². The summed E-state index contributed by atoms with van der Waals surface area (Å²) in [5.74, 6) is 0. The second-order valence-electron chi connectivity index (χ2n) is 8.99. The molecule has 0 spiro atoms. The number of rotatable bonds is 8. The van der Waals surface area contributed by atoms with Gasteiger partial charge in [-0.1, -0.05) is 110 Å². The molecule has 0 aromatic heterocycles. The molecule has 0 aliphatic heterocycles. The topological polar surface area (TPSA) is 51.2 Å². The molecule has 5 aromatic carbocycles. The first-order valence-electron chi connectivity index (χ1n) is 12.2. The van der Waals surface area contributed by atoms with Crippen LogP contribution in [0.3, 0.4) is 0 Å². The van der Waals surface area contributed by atoms with E-state index in [0.717, 1.165) is 68.9 Å². The molecule has 0 bridgehead atoms. The highest BCUT2D eigenvalue weighted by Gasteiger charge is 2.16. The Morgan fingerprint density at radius 2 is 0.605 bits per heavy atom. The quantitative estimate of drug-likeness (QED) is 0.204. The van der Waals surface area contributed by atoms with Gasteiger partial charge in [-0.3, -0.25) is 14.4 Å². The Morgan fingerprint density at radius 3 is 0.816 bits per heavy atom. The summed E-state index contributed by atoms with van der Waals surface area (Å²) >= 11 is 0. The van der Waals surface area contributed by atoms with E-state index in [4.69, 9.17) is 0 Å². The molecule has 0 heterocycles. The van der Waals surface area contributed by atoms with Crippen molar-refractivity contribution in [2.75, 3.05) is 0 Å². The number of carbonyl (C=O) groups excluding carboxylic acids is 3. The third kappa shape index (κ3) is 4.91. The number of benzene rings is 5. The Kier molecular flexibility index (Phi) is 7.01. The van der Waals surface area contributed by atoms with Gasteiger partial charge in [-0.05, 0) is 62.2 Å². The average molecular weight is 493 g/mol. The Balaban J connectivity index is 1.81. The molecule has 0 saturated carbocycles. The lowest BCUT2D eigenvalue weighted by Crippen LogP contribution is -1.93. The van der Waals surface area contributed by atoms with Crippen LogP contribution in [-0.4, -0.2) is 18.9 Å². The first-order valence-corrected chi connectivity index (χ1v) is 12.2. The summed E-state index contributed by atoms with van der Waals surface area (Å²) in [7, 11) is 0. The summed E-state index contributed by atoms with van der Waals surface area (Å²) in [4.78, 5) is 33.9. The summed E-state index contributed by atoms with van der Waals surface area (Å²) in [6, 6.07) is 35.1. The zero-order valence-corrected chi connectivity index (χ0v) is 20.6. The average Bonchev–Trinajstić information content (AvgIpc) is 3.00. The van der Waals surface area contributed by atoms with Gasteiger partial charge < -0.3 is 0 Å². The van der Waals surface area contributed by atoms with E-state index >= 15 is 0 Å². The molecule has 182 valence electrons. The molecule has 0 radical (unpaired) electrons. The molecule has 0 saturated heterocycles. The van der Waals surface area contributed by atoms with E-state index in [1.165, 1.54) is 0 Å². The van der Waals surface area contributed by atoms with Crippen molar-refractivity contribution in [3.05, 3.63) is 138 Å². The van der Waals surface area contributed by atoms with E-state index in [-0.39, 0.29) is 0 Å². The maximum atomic E-state index is 11.3. The second kappa shape index (κ2) is 10.9. The van der Waals surface area contributed by atoms with Crippen LogP contribution in [-0.2, 0) is 0 Å². The van der Waals surface area contributed by atoms with Gasteiger partial charge in [0.25, 0.3) is 0 Å². The van der Waals surface area contributed by atoms with Crippen LogP contribution in [0.1, 0.15) is 36.6 Å². The molecule has 0 atom stereocenters. The van der Waals surface area contributed by atoms with Crippen molar-refractivity contribution in [1.29, 1.82) is 0 Å². The molecular weight excluding hydrogens is 468 g/mol. The SMILES string of the molecule is C=Cc1ccc(-c2cc(-c3ccc(C=O)cc3)c(-c3ccc(C=O)cc3)cc2-c2ccc(C=O)cc2)cc1. The van der Waals surface area contributed by atoms with Gasteiger partial charge in [0.05, 0.1) is 0 Å². The molecule has 0 fully saturated rings. The van der Waals surface area contributed by atoms with Crippen molar-refractivity contribution in [3.63, 3.8) is 0 Å². The molecule has 38 heavy (non-hydrogen) atoms. The van der Waals surface area contributed by atoms with E-state index in [2.05, 4.69) is 30.8 Å². The van der Waals surface area contributed by atoms with Gasteiger partial charge in [0, 0.05) is 16.7 Å². The lowest BCUT2D eigenvalue weighted by atomic mass is 9.85. The Bertz CT molecular complexity index is 1380. The number of aldehydes is 3. The summed E-state index contributed by atoms with van der Waals surface area (Å²) < 4.78 is 0. The van der Waals surface area contributed by atoms with Crippen molar-refractivity contribution in [1.82, 2.24) is 0 Å². The molecule has 3 heteroatoms. The van der Waals surface area contributed by atoms with Gasteiger partial charge >= 0.3 is 0 Å². The predicted molar refractivity (Wildman–Crippen MR) is 154 cm³/mol. The second-order valence-corrected chi connectivity index (χ2v) is 8.99. The van der Waals surface area contributed by atoms with E-state index in [1.54, 1.807) is 0 Å². The van der Waals surface area contributed by atoms with E-state index in [0.29, 0.717) is 16.7 Å². The number of hydrogen-bond donors (Lipinski definition) is 0. The van der Waals surface area contributed by atoms with Crippen molar-refractivity contribution < 1.29 is 14.4 Å². The normalized spacial score (nSPS) is 10.5. The fraction of sp³-hybridized carbons (Fsp3) is 0. The van der Waals surface area contributed by atoms with Gasteiger partial charge in [-0.25, -0.2) is 0 Å². The molecule has 0 unspecified atom stereocenters. The molecule has 5 aromatic rings. The maximum Gasteiger partial charge on any atom is 0.150 e. The molecule has 0 N–H and O–H groups in total. The monoisotopic (exact) mass is 492 g/mol. The Labute approximate surface area is 221 Å². The van der Waals surface area contributed by atoms with Crippen LogP contribution in [0.15, 0.2) is 116 Å².